The van der Waals surface area contributed by atoms with E-state index in [1.54, 1.807) is 7.11 Å². The van der Waals surface area contributed by atoms with E-state index in [1.165, 1.54) is 0 Å². The standard InChI is InChI=1S/C16H18N2O2/c1-18-9-3-4-13-15(18)10-14(17-16(13)19)11-5-7-12(20-2)8-6-11/h5-8,10,13H,3-4,9H2,1-2H3. The minimum Gasteiger partial charge on any atom is -0.497 e. The van der Waals surface area contributed by atoms with Crippen molar-refractivity contribution in [2.24, 2.45) is 10.9 Å². The molecule has 0 saturated carbocycles. The second-order valence-corrected chi connectivity index (χ2v) is 5.25. The average Bonchev–Trinajstić information content (AvgIpc) is 2.48. The second-order valence-electron chi connectivity index (χ2n) is 5.25. The summed E-state index contributed by atoms with van der Waals surface area (Å²) in [4.78, 5) is 18.6. The molecule has 0 aliphatic carbocycles. The highest BCUT2D eigenvalue weighted by molar-refractivity contribution is 6.16. The van der Waals surface area contributed by atoms with Crippen LogP contribution in [0.2, 0.25) is 0 Å². The molecule has 4 nitrogen and oxygen atoms in total. The van der Waals surface area contributed by atoms with Gasteiger partial charge in [0.15, 0.2) is 0 Å². The van der Waals surface area contributed by atoms with Crippen molar-refractivity contribution in [3.05, 3.63) is 41.6 Å². The summed E-state index contributed by atoms with van der Waals surface area (Å²) in [6.45, 7) is 1.01. The first-order valence-corrected chi connectivity index (χ1v) is 6.89. The summed E-state index contributed by atoms with van der Waals surface area (Å²) >= 11 is 0. The predicted molar refractivity (Wildman–Crippen MR) is 78.0 cm³/mol. The minimum absolute atomic E-state index is 0.0140. The average molecular weight is 270 g/mol. The maximum atomic E-state index is 12.2. The predicted octanol–water partition coefficient (Wildman–Crippen LogP) is 2.25. The number of carbonyl (C=O) groups is 1. The monoisotopic (exact) mass is 270 g/mol. The number of nitrogens with zero attached hydrogens (tertiary/aromatic N) is 2. The summed E-state index contributed by atoms with van der Waals surface area (Å²) in [5.41, 5.74) is 2.80. The van der Waals surface area contributed by atoms with Crippen LogP contribution in [0.5, 0.6) is 5.75 Å². The zero-order chi connectivity index (χ0) is 14.1. The van der Waals surface area contributed by atoms with E-state index >= 15 is 0 Å². The highest BCUT2D eigenvalue weighted by atomic mass is 16.5. The number of carbonyl (C=O) groups excluding carboxylic acids is 1. The maximum absolute atomic E-state index is 12.2. The number of fused-ring (bicyclic) bond motifs is 1. The molecule has 1 aromatic carbocycles. The van der Waals surface area contributed by atoms with Crippen molar-refractivity contribution in [1.82, 2.24) is 4.90 Å². The SMILES string of the molecule is COc1ccc(C2=NC(=O)C3CCCN(C)C3=C2)cc1. The zero-order valence-electron chi connectivity index (χ0n) is 11.8. The van der Waals surface area contributed by atoms with Gasteiger partial charge >= 0.3 is 0 Å². The number of hydrogen-bond donors (Lipinski definition) is 0. The van der Waals surface area contributed by atoms with E-state index in [2.05, 4.69) is 9.89 Å². The fraction of sp³-hybridized carbons (Fsp3) is 0.375. The van der Waals surface area contributed by atoms with Crippen LogP contribution in [0.4, 0.5) is 0 Å². The van der Waals surface area contributed by atoms with Crippen LogP contribution in [0, 0.1) is 5.92 Å². The number of allylic oxidation sites excluding steroid dienone is 1. The lowest BCUT2D eigenvalue weighted by molar-refractivity contribution is -0.121. The van der Waals surface area contributed by atoms with Gasteiger partial charge in [-0.05, 0) is 43.2 Å². The fourth-order valence-corrected chi connectivity index (χ4v) is 2.82. The van der Waals surface area contributed by atoms with E-state index in [0.717, 1.165) is 42.1 Å². The maximum Gasteiger partial charge on any atom is 0.255 e. The van der Waals surface area contributed by atoms with Crippen LogP contribution >= 0.6 is 0 Å². The first-order valence-electron chi connectivity index (χ1n) is 6.89. The Hall–Kier alpha value is -2.10. The largest absolute Gasteiger partial charge is 0.497 e. The number of benzene rings is 1. The number of rotatable bonds is 2. The molecule has 0 spiro atoms. The number of likely N-dealkylation sites (tertiary alicyclic amines) is 1. The normalized spacial score (nSPS) is 22.0. The highest BCUT2D eigenvalue weighted by Gasteiger charge is 2.32. The van der Waals surface area contributed by atoms with Crippen molar-refractivity contribution in [1.29, 1.82) is 0 Å². The summed E-state index contributed by atoms with van der Waals surface area (Å²) in [7, 11) is 3.68. The number of piperidine rings is 1. The van der Waals surface area contributed by atoms with Gasteiger partial charge < -0.3 is 9.64 Å². The Bertz CT molecular complexity index is 587. The zero-order valence-corrected chi connectivity index (χ0v) is 11.8. The summed E-state index contributed by atoms with van der Waals surface area (Å²) in [5.74, 6) is 0.743. The molecule has 0 bridgehead atoms. The molecule has 2 heterocycles. The van der Waals surface area contributed by atoms with Gasteiger partial charge in [-0.25, -0.2) is 4.99 Å². The van der Waals surface area contributed by atoms with Gasteiger partial charge in [0, 0.05) is 24.9 Å². The van der Waals surface area contributed by atoms with Crippen LogP contribution in [0.1, 0.15) is 18.4 Å². The fourth-order valence-electron chi connectivity index (χ4n) is 2.82. The number of ether oxygens (including phenoxy) is 1. The number of hydrogen-bond acceptors (Lipinski definition) is 3. The third kappa shape index (κ3) is 2.22. The summed E-state index contributed by atoms with van der Waals surface area (Å²) in [6.07, 6.45) is 4.01. The van der Waals surface area contributed by atoms with Crippen molar-refractivity contribution in [3.8, 4) is 5.75 Å². The van der Waals surface area contributed by atoms with Crippen molar-refractivity contribution in [2.45, 2.75) is 12.8 Å². The molecule has 20 heavy (non-hydrogen) atoms. The number of methoxy groups -OCH3 is 1. The molecule has 1 unspecified atom stereocenters. The Balaban J connectivity index is 1.95. The lowest BCUT2D eigenvalue weighted by Crippen LogP contribution is -2.36. The Morgan fingerprint density at radius 3 is 2.75 bits per heavy atom. The highest BCUT2D eigenvalue weighted by Crippen LogP contribution is 2.30. The topological polar surface area (TPSA) is 41.9 Å². The smallest absolute Gasteiger partial charge is 0.255 e. The lowest BCUT2D eigenvalue weighted by atomic mass is 9.89. The van der Waals surface area contributed by atoms with Crippen molar-refractivity contribution >= 4 is 11.6 Å². The third-order valence-electron chi connectivity index (χ3n) is 3.98. The molecule has 1 atom stereocenters. The van der Waals surface area contributed by atoms with Crippen LogP contribution in [0.3, 0.4) is 0 Å². The molecule has 1 aromatic rings. The first-order chi connectivity index (χ1) is 9.69. The van der Waals surface area contributed by atoms with Gasteiger partial charge in [0.2, 0.25) is 0 Å². The molecule has 1 saturated heterocycles. The summed E-state index contributed by atoms with van der Waals surface area (Å²) in [6, 6.07) is 7.64. The van der Waals surface area contributed by atoms with E-state index in [1.807, 2.05) is 37.4 Å². The van der Waals surface area contributed by atoms with Gasteiger partial charge in [0.05, 0.1) is 18.7 Å². The Labute approximate surface area is 118 Å². The van der Waals surface area contributed by atoms with Crippen molar-refractivity contribution in [3.63, 3.8) is 0 Å². The van der Waals surface area contributed by atoms with Gasteiger partial charge in [-0.2, -0.15) is 0 Å². The van der Waals surface area contributed by atoms with Crippen LogP contribution < -0.4 is 4.74 Å². The Morgan fingerprint density at radius 2 is 2.05 bits per heavy atom. The molecule has 104 valence electrons. The molecule has 0 radical (unpaired) electrons. The van der Waals surface area contributed by atoms with Gasteiger partial charge in [-0.1, -0.05) is 0 Å². The summed E-state index contributed by atoms with van der Waals surface area (Å²) < 4.78 is 5.15. The van der Waals surface area contributed by atoms with E-state index < -0.39 is 0 Å². The Morgan fingerprint density at radius 1 is 1.30 bits per heavy atom. The van der Waals surface area contributed by atoms with E-state index in [-0.39, 0.29) is 11.8 Å². The molecular weight excluding hydrogens is 252 g/mol. The minimum atomic E-state index is -0.0456. The second kappa shape index (κ2) is 5.12. The van der Waals surface area contributed by atoms with Gasteiger partial charge in [-0.15, -0.1) is 0 Å². The molecular formula is C16H18N2O2. The number of amides is 1. The van der Waals surface area contributed by atoms with Gasteiger partial charge in [0.1, 0.15) is 5.75 Å². The van der Waals surface area contributed by atoms with E-state index in [4.69, 9.17) is 4.74 Å². The van der Waals surface area contributed by atoms with Gasteiger partial charge in [-0.3, -0.25) is 4.79 Å². The van der Waals surface area contributed by atoms with Crippen LogP contribution in [-0.4, -0.2) is 37.2 Å². The molecule has 4 heteroatoms. The summed E-state index contributed by atoms with van der Waals surface area (Å²) in [5, 5.41) is 0. The quantitative estimate of drug-likeness (QED) is 0.827. The van der Waals surface area contributed by atoms with Crippen LogP contribution in [0.25, 0.3) is 0 Å². The van der Waals surface area contributed by atoms with Crippen molar-refractivity contribution < 1.29 is 9.53 Å². The molecule has 0 N–H and O–H groups in total. The van der Waals surface area contributed by atoms with Gasteiger partial charge in [0.25, 0.3) is 5.91 Å². The van der Waals surface area contributed by atoms with Crippen LogP contribution in [-0.2, 0) is 4.79 Å². The number of aliphatic imine (C=N–C) groups is 1. The molecule has 1 fully saturated rings. The molecule has 0 aromatic heterocycles. The molecule has 1 amide bonds. The molecule has 3 rings (SSSR count). The van der Waals surface area contributed by atoms with Crippen molar-refractivity contribution in [2.75, 3.05) is 20.7 Å². The number of dihydropyridines is 1. The molecule has 2 aliphatic rings. The Kier molecular flexibility index (Phi) is 3.30. The third-order valence-corrected chi connectivity index (χ3v) is 3.98. The van der Waals surface area contributed by atoms with E-state index in [0.29, 0.717) is 0 Å². The van der Waals surface area contributed by atoms with Crippen LogP contribution in [0.15, 0.2) is 41.0 Å². The first kappa shape index (κ1) is 12.9. The lowest BCUT2D eigenvalue weighted by Gasteiger charge is -2.34. The molecule has 2 aliphatic heterocycles. The van der Waals surface area contributed by atoms with E-state index in [9.17, 15) is 4.79 Å².